The van der Waals surface area contributed by atoms with Gasteiger partial charge in [0.15, 0.2) is 0 Å². The SMILES string of the molecule is Cc1cc(C)c(NC(=O)Nc2cc(Cl)cc(Cl)c2)cc1N. The van der Waals surface area contributed by atoms with E-state index in [1.165, 1.54) is 0 Å². The van der Waals surface area contributed by atoms with E-state index in [4.69, 9.17) is 28.9 Å². The van der Waals surface area contributed by atoms with Crippen LogP contribution in [0.25, 0.3) is 0 Å². The van der Waals surface area contributed by atoms with Crippen molar-refractivity contribution in [1.29, 1.82) is 0 Å². The molecule has 4 N–H and O–H groups in total. The molecule has 0 aliphatic rings. The summed E-state index contributed by atoms with van der Waals surface area (Å²) < 4.78 is 0. The van der Waals surface area contributed by atoms with Gasteiger partial charge in [-0.3, -0.25) is 0 Å². The van der Waals surface area contributed by atoms with Gasteiger partial charge in [-0.05, 0) is 49.2 Å². The summed E-state index contributed by atoms with van der Waals surface area (Å²) in [6, 6.07) is 8.08. The van der Waals surface area contributed by atoms with E-state index in [1.807, 2.05) is 19.9 Å². The molecule has 2 amide bonds. The van der Waals surface area contributed by atoms with Crippen LogP contribution in [0.3, 0.4) is 0 Å². The van der Waals surface area contributed by atoms with Crippen LogP contribution in [0, 0.1) is 13.8 Å². The number of aryl methyl sites for hydroxylation is 2. The molecule has 0 heterocycles. The smallest absolute Gasteiger partial charge is 0.323 e. The molecule has 0 aliphatic carbocycles. The van der Waals surface area contributed by atoms with E-state index in [0.29, 0.717) is 27.1 Å². The maximum atomic E-state index is 12.0. The molecule has 0 saturated heterocycles. The number of nitrogen functional groups attached to an aromatic ring is 1. The van der Waals surface area contributed by atoms with Crippen molar-refractivity contribution in [3.05, 3.63) is 51.5 Å². The zero-order valence-electron chi connectivity index (χ0n) is 11.6. The third-order valence-electron chi connectivity index (χ3n) is 2.98. The van der Waals surface area contributed by atoms with Gasteiger partial charge < -0.3 is 16.4 Å². The van der Waals surface area contributed by atoms with Gasteiger partial charge in [-0.1, -0.05) is 29.3 Å². The molecule has 21 heavy (non-hydrogen) atoms. The second kappa shape index (κ2) is 6.24. The molecule has 2 aromatic carbocycles. The fraction of sp³-hybridized carbons (Fsp3) is 0.133. The molecule has 6 heteroatoms. The zero-order valence-corrected chi connectivity index (χ0v) is 13.1. The van der Waals surface area contributed by atoms with Gasteiger partial charge in [-0.15, -0.1) is 0 Å². The van der Waals surface area contributed by atoms with E-state index in [9.17, 15) is 4.79 Å². The Morgan fingerprint density at radius 2 is 1.57 bits per heavy atom. The van der Waals surface area contributed by atoms with E-state index in [-0.39, 0.29) is 6.03 Å². The van der Waals surface area contributed by atoms with Gasteiger partial charge in [0.05, 0.1) is 0 Å². The lowest BCUT2D eigenvalue weighted by Crippen LogP contribution is -2.20. The van der Waals surface area contributed by atoms with Crippen molar-refractivity contribution < 1.29 is 4.79 Å². The number of benzene rings is 2. The molecule has 0 spiro atoms. The summed E-state index contributed by atoms with van der Waals surface area (Å²) in [4.78, 5) is 12.0. The maximum Gasteiger partial charge on any atom is 0.323 e. The largest absolute Gasteiger partial charge is 0.398 e. The molecular weight excluding hydrogens is 309 g/mol. The summed E-state index contributed by atoms with van der Waals surface area (Å²) in [7, 11) is 0. The highest BCUT2D eigenvalue weighted by molar-refractivity contribution is 6.35. The minimum absolute atomic E-state index is 0.389. The summed E-state index contributed by atoms with van der Waals surface area (Å²) in [6.45, 7) is 3.82. The Kier molecular flexibility index (Phi) is 4.60. The molecule has 2 rings (SSSR count). The molecule has 0 aliphatic heterocycles. The number of halogens is 2. The lowest BCUT2D eigenvalue weighted by molar-refractivity contribution is 0.262. The normalized spacial score (nSPS) is 10.3. The number of carbonyl (C=O) groups excluding carboxylic acids is 1. The Bertz CT molecular complexity index is 681. The molecule has 0 unspecified atom stereocenters. The van der Waals surface area contributed by atoms with Crippen molar-refractivity contribution in [1.82, 2.24) is 0 Å². The van der Waals surface area contributed by atoms with Crippen LogP contribution in [0.5, 0.6) is 0 Å². The number of carbonyl (C=O) groups is 1. The standard InChI is InChI=1S/C15H15Cl2N3O/c1-8-3-9(2)14(7-13(8)18)20-15(21)19-12-5-10(16)4-11(17)6-12/h3-7H,18H2,1-2H3,(H2,19,20,21). The Morgan fingerprint density at radius 1 is 0.952 bits per heavy atom. The van der Waals surface area contributed by atoms with E-state index < -0.39 is 0 Å². The van der Waals surface area contributed by atoms with Crippen molar-refractivity contribution >= 4 is 46.3 Å². The van der Waals surface area contributed by atoms with Gasteiger partial charge in [-0.2, -0.15) is 0 Å². The number of nitrogens with two attached hydrogens (primary N) is 1. The first-order chi connectivity index (χ1) is 9.85. The Hall–Kier alpha value is -1.91. The second-order valence-corrected chi connectivity index (χ2v) is 5.63. The van der Waals surface area contributed by atoms with Crippen molar-refractivity contribution in [2.75, 3.05) is 16.4 Å². The fourth-order valence-electron chi connectivity index (χ4n) is 1.91. The number of hydrogen-bond acceptors (Lipinski definition) is 2. The third-order valence-corrected chi connectivity index (χ3v) is 3.42. The van der Waals surface area contributed by atoms with Crippen LogP contribution in [-0.2, 0) is 0 Å². The summed E-state index contributed by atoms with van der Waals surface area (Å²) in [5.41, 5.74) is 9.55. The van der Waals surface area contributed by atoms with Gasteiger partial charge in [0.2, 0.25) is 0 Å². The first-order valence-electron chi connectivity index (χ1n) is 6.26. The lowest BCUT2D eigenvalue weighted by Gasteiger charge is -2.12. The first-order valence-corrected chi connectivity index (χ1v) is 7.01. The Morgan fingerprint density at radius 3 is 2.19 bits per heavy atom. The zero-order chi connectivity index (χ0) is 15.6. The minimum Gasteiger partial charge on any atom is -0.398 e. The summed E-state index contributed by atoms with van der Waals surface area (Å²) in [5.74, 6) is 0. The van der Waals surface area contributed by atoms with E-state index in [1.54, 1.807) is 24.3 Å². The highest BCUT2D eigenvalue weighted by Gasteiger charge is 2.08. The second-order valence-electron chi connectivity index (χ2n) is 4.76. The van der Waals surface area contributed by atoms with Gasteiger partial charge >= 0.3 is 6.03 Å². The lowest BCUT2D eigenvalue weighted by atomic mass is 10.1. The molecule has 0 bridgehead atoms. The van der Waals surface area contributed by atoms with Crippen LogP contribution >= 0.6 is 23.2 Å². The van der Waals surface area contributed by atoms with E-state index in [2.05, 4.69) is 10.6 Å². The predicted molar refractivity (Wildman–Crippen MR) is 89.4 cm³/mol. The van der Waals surface area contributed by atoms with E-state index in [0.717, 1.165) is 11.1 Å². The van der Waals surface area contributed by atoms with Gasteiger partial charge in [0, 0.05) is 27.1 Å². The molecule has 0 radical (unpaired) electrons. The Balaban J connectivity index is 2.13. The predicted octanol–water partition coefficient (Wildman–Crippen LogP) is 4.84. The van der Waals surface area contributed by atoms with Crippen LogP contribution in [0.15, 0.2) is 30.3 Å². The van der Waals surface area contributed by atoms with Crippen LogP contribution in [-0.4, -0.2) is 6.03 Å². The number of nitrogens with one attached hydrogen (secondary N) is 2. The first kappa shape index (κ1) is 15.5. The molecule has 0 atom stereocenters. The van der Waals surface area contributed by atoms with Crippen LogP contribution in [0.4, 0.5) is 21.9 Å². The van der Waals surface area contributed by atoms with Crippen molar-refractivity contribution in [2.24, 2.45) is 0 Å². The quantitative estimate of drug-likeness (QED) is 0.692. The average molecular weight is 324 g/mol. The number of anilines is 3. The van der Waals surface area contributed by atoms with Crippen LogP contribution in [0.2, 0.25) is 10.0 Å². The van der Waals surface area contributed by atoms with Gasteiger partial charge in [0.1, 0.15) is 0 Å². The average Bonchev–Trinajstić information content (AvgIpc) is 2.34. The van der Waals surface area contributed by atoms with Gasteiger partial charge in [-0.25, -0.2) is 4.79 Å². The monoisotopic (exact) mass is 323 g/mol. The number of amides is 2. The number of urea groups is 1. The summed E-state index contributed by atoms with van der Waals surface area (Å²) >= 11 is 11.8. The van der Waals surface area contributed by atoms with Crippen molar-refractivity contribution in [3.8, 4) is 0 Å². The number of rotatable bonds is 2. The highest BCUT2D eigenvalue weighted by atomic mass is 35.5. The molecule has 110 valence electrons. The minimum atomic E-state index is -0.389. The van der Waals surface area contributed by atoms with Crippen LogP contribution in [0.1, 0.15) is 11.1 Å². The van der Waals surface area contributed by atoms with E-state index >= 15 is 0 Å². The topological polar surface area (TPSA) is 67.2 Å². The molecule has 0 aromatic heterocycles. The Labute approximate surface area is 133 Å². The molecular formula is C15H15Cl2N3O. The highest BCUT2D eigenvalue weighted by Crippen LogP contribution is 2.24. The van der Waals surface area contributed by atoms with Crippen LogP contribution < -0.4 is 16.4 Å². The van der Waals surface area contributed by atoms with Gasteiger partial charge in [0.25, 0.3) is 0 Å². The third kappa shape index (κ3) is 4.03. The maximum absolute atomic E-state index is 12.0. The fourth-order valence-corrected chi connectivity index (χ4v) is 2.44. The van der Waals surface area contributed by atoms with Crippen molar-refractivity contribution in [3.63, 3.8) is 0 Å². The molecule has 0 fully saturated rings. The molecule has 4 nitrogen and oxygen atoms in total. The van der Waals surface area contributed by atoms with Crippen molar-refractivity contribution in [2.45, 2.75) is 13.8 Å². The number of hydrogen-bond donors (Lipinski definition) is 3. The summed E-state index contributed by atoms with van der Waals surface area (Å²) in [5, 5.41) is 6.33. The molecule has 2 aromatic rings. The summed E-state index contributed by atoms with van der Waals surface area (Å²) in [6.07, 6.45) is 0. The molecule has 0 saturated carbocycles.